The maximum absolute atomic E-state index is 11.6. The number of fused-ring (bicyclic) bond motifs is 1. The van der Waals surface area contributed by atoms with Crippen molar-refractivity contribution >= 4 is 39.8 Å². The van der Waals surface area contributed by atoms with Crippen molar-refractivity contribution in [2.45, 2.75) is 11.3 Å². The Labute approximate surface area is 168 Å². The van der Waals surface area contributed by atoms with Gasteiger partial charge in [-0.1, -0.05) is 30.0 Å². The molecule has 0 bridgehead atoms. The molecular weight excluding hydrogens is 400 g/mol. The van der Waals surface area contributed by atoms with Gasteiger partial charge in [-0.3, -0.25) is 20.2 Å². The summed E-state index contributed by atoms with van der Waals surface area (Å²) in [6, 6.07) is 10.2. The average Bonchev–Trinajstić information content (AvgIpc) is 3.23. The number of ether oxygens (including phenoxy) is 1. The molecule has 2 atom stereocenters. The van der Waals surface area contributed by atoms with Gasteiger partial charge in [-0.15, -0.1) is 0 Å². The van der Waals surface area contributed by atoms with Crippen molar-refractivity contribution < 1.29 is 14.6 Å². The summed E-state index contributed by atoms with van der Waals surface area (Å²) in [6.45, 7) is 0. The van der Waals surface area contributed by atoms with E-state index in [9.17, 15) is 20.2 Å². The molecule has 148 valence electrons. The Bertz CT molecular complexity index is 1090. The minimum atomic E-state index is -0.681. The van der Waals surface area contributed by atoms with E-state index in [2.05, 4.69) is 10.1 Å². The van der Waals surface area contributed by atoms with E-state index in [4.69, 9.17) is 10.5 Å². The molecule has 2 aromatic carbocycles. The van der Waals surface area contributed by atoms with E-state index in [1.807, 2.05) is 18.2 Å². The van der Waals surface area contributed by atoms with Gasteiger partial charge in [0.05, 0.1) is 23.0 Å². The normalized spacial score (nSPS) is 20.1. The number of non-ortho nitro benzene ring substituents is 1. The molecule has 2 aliphatic heterocycles. The number of rotatable bonds is 5. The molecule has 0 saturated carbocycles. The van der Waals surface area contributed by atoms with E-state index in [0.29, 0.717) is 16.8 Å². The number of nitro benzene ring substituents is 2. The summed E-state index contributed by atoms with van der Waals surface area (Å²) in [5, 5.41) is 28.7. The van der Waals surface area contributed by atoms with E-state index in [0.717, 1.165) is 11.6 Å². The third-order valence-electron chi connectivity index (χ3n) is 4.56. The maximum Gasteiger partial charge on any atom is 0.301 e. The highest BCUT2D eigenvalue weighted by molar-refractivity contribution is 8.15. The number of para-hydroxylation sites is 1. The molecule has 0 unspecified atom stereocenters. The molecule has 4 rings (SSSR count). The Morgan fingerprint density at radius 2 is 1.93 bits per heavy atom. The van der Waals surface area contributed by atoms with Gasteiger partial charge in [-0.05, 0) is 12.1 Å². The third-order valence-corrected chi connectivity index (χ3v) is 5.61. The van der Waals surface area contributed by atoms with Crippen LogP contribution in [0.15, 0.2) is 52.6 Å². The summed E-state index contributed by atoms with van der Waals surface area (Å²) in [5.41, 5.74) is 5.91. The number of benzene rings is 2. The maximum atomic E-state index is 11.6. The number of anilines is 1. The van der Waals surface area contributed by atoms with Crippen molar-refractivity contribution in [3.05, 3.63) is 68.3 Å². The number of amidine groups is 2. The second-order valence-corrected chi connectivity index (χ2v) is 7.33. The lowest BCUT2D eigenvalue weighted by Gasteiger charge is -2.27. The Kier molecular flexibility index (Phi) is 4.54. The summed E-state index contributed by atoms with van der Waals surface area (Å²) < 4.78 is 5.47. The van der Waals surface area contributed by atoms with Gasteiger partial charge < -0.3 is 10.5 Å². The van der Waals surface area contributed by atoms with Gasteiger partial charge in [0, 0.05) is 11.6 Å². The summed E-state index contributed by atoms with van der Waals surface area (Å²) in [6.07, 6.45) is 0. The van der Waals surface area contributed by atoms with Gasteiger partial charge in [-0.25, -0.2) is 10.0 Å². The van der Waals surface area contributed by atoms with Crippen LogP contribution in [0.25, 0.3) is 0 Å². The minimum absolute atomic E-state index is 0.118. The highest BCUT2D eigenvalue weighted by atomic mass is 32.2. The fourth-order valence-electron chi connectivity index (χ4n) is 3.35. The largest absolute Gasteiger partial charge is 0.496 e. The van der Waals surface area contributed by atoms with Gasteiger partial charge in [0.1, 0.15) is 22.7 Å². The quantitative estimate of drug-likeness (QED) is 0.579. The van der Waals surface area contributed by atoms with E-state index in [1.165, 1.54) is 36.0 Å². The number of thioether (sulfide) groups is 1. The zero-order chi connectivity index (χ0) is 20.7. The second-order valence-electron chi connectivity index (χ2n) is 6.17. The van der Waals surface area contributed by atoms with Crippen LogP contribution >= 0.6 is 11.8 Å². The molecular formula is C17H14N6O5S. The van der Waals surface area contributed by atoms with Gasteiger partial charge in [0.25, 0.3) is 5.69 Å². The fourth-order valence-corrected chi connectivity index (χ4v) is 4.35. The Morgan fingerprint density at radius 1 is 1.17 bits per heavy atom. The smallest absolute Gasteiger partial charge is 0.301 e. The summed E-state index contributed by atoms with van der Waals surface area (Å²) in [7, 11) is 1.53. The minimum Gasteiger partial charge on any atom is -0.496 e. The molecule has 0 aliphatic carbocycles. The Hall–Kier alpha value is -3.67. The number of nitrogens with two attached hydrogens (primary N) is 1. The lowest BCUT2D eigenvalue weighted by atomic mass is 10.0. The van der Waals surface area contributed by atoms with Crippen molar-refractivity contribution in [3.8, 4) is 5.75 Å². The highest BCUT2D eigenvalue weighted by Gasteiger charge is 2.46. The average molecular weight is 414 g/mol. The first kappa shape index (κ1) is 18.7. The molecule has 0 aromatic heterocycles. The summed E-state index contributed by atoms with van der Waals surface area (Å²) in [4.78, 5) is 25.6. The SMILES string of the molecule is COc1ccccc1[C@@H]1[C@H]2SC(N)=NC2=NN1c1ccc([N+](=O)[O-])cc1[N+](=O)[O-]. The van der Waals surface area contributed by atoms with Crippen LogP contribution in [0.2, 0.25) is 0 Å². The van der Waals surface area contributed by atoms with Gasteiger partial charge in [-0.2, -0.15) is 5.10 Å². The first-order chi connectivity index (χ1) is 13.9. The van der Waals surface area contributed by atoms with Crippen LogP contribution in [0.1, 0.15) is 11.6 Å². The molecule has 0 fully saturated rings. The predicted octanol–water partition coefficient (Wildman–Crippen LogP) is 2.82. The van der Waals surface area contributed by atoms with Crippen LogP contribution in [-0.4, -0.2) is 33.2 Å². The highest BCUT2D eigenvalue weighted by Crippen LogP contribution is 2.48. The lowest BCUT2D eigenvalue weighted by molar-refractivity contribution is -0.393. The van der Waals surface area contributed by atoms with Crippen LogP contribution in [0.3, 0.4) is 0 Å². The van der Waals surface area contributed by atoms with E-state index < -0.39 is 21.6 Å². The summed E-state index contributed by atoms with van der Waals surface area (Å²) >= 11 is 1.30. The molecule has 2 aromatic rings. The fraction of sp³-hybridized carbons (Fsp3) is 0.176. The lowest BCUT2D eigenvalue weighted by Crippen LogP contribution is -2.27. The van der Waals surface area contributed by atoms with Crippen LogP contribution < -0.4 is 15.5 Å². The second kappa shape index (κ2) is 7.05. The van der Waals surface area contributed by atoms with Crippen LogP contribution in [0.4, 0.5) is 17.1 Å². The molecule has 2 heterocycles. The zero-order valence-electron chi connectivity index (χ0n) is 15.0. The molecule has 2 N–H and O–H groups in total. The van der Waals surface area contributed by atoms with E-state index in [-0.39, 0.29) is 16.6 Å². The van der Waals surface area contributed by atoms with Gasteiger partial charge in [0.2, 0.25) is 0 Å². The van der Waals surface area contributed by atoms with E-state index in [1.54, 1.807) is 6.07 Å². The van der Waals surface area contributed by atoms with Crippen molar-refractivity contribution in [1.82, 2.24) is 0 Å². The molecule has 29 heavy (non-hydrogen) atoms. The third kappa shape index (κ3) is 3.12. The number of nitro groups is 2. The van der Waals surface area contributed by atoms with Crippen LogP contribution in [0.5, 0.6) is 5.75 Å². The topological polar surface area (TPSA) is 149 Å². The first-order valence-corrected chi connectivity index (χ1v) is 9.23. The standard InChI is InChI=1S/C17H14N6O5S/c1-28-13-5-3-2-4-10(13)14-15-16(19-17(18)29-15)20-21(14)11-7-6-9(22(24)25)8-12(11)23(26)27/h2-8,14-15H,1H3,(H2,18,19,20)/t14-,15-/m1/s1. The monoisotopic (exact) mass is 414 g/mol. The molecule has 12 heteroatoms. The van der Waals surface area contributed by atoms with Crippen molar-refractivity contribution in [2.75, 3.05) is 12.1 Å². The molecule has 0 amide bonds. The number of methoxy groups -OCH3 is 1. The van der Waals surface area contributed by atoms with E-state index >= 15 is 0 Å². The van der Waals surface area contributed by atoms with Crippen molar-refractivity contribution in [1.29, 1.82) is 0 Å². The van der Waals surface area contributed by atoms with Gasteiger partial charge >= 0.3 is 5.69 Å². The predicted molar refractivity (Wildman–Crippen MR) is 108 cm³/mol. The van der Waals surface area contributed by atoms with Crippen LogP contribution in [-0.2, 0) is 0 Å². The van der Waals surface area contributed by atoms with Crippen LogP contribution in [0, 0.1) is 20.2 Å². The molecule has 11 nitrogen and oxygen atoms in total. The van der Waals surface area contributed by atoms with Gasteiger partial charge in [0.15, 0.2) is 11.0 Å². The number of aliphatic imine (C=N–C) groups is 1. The zero-order valence-corrected chi connectivity index (χ0v) is 15.8. The first-order valence-electron chi connectivity index (χ1n) is 8.35. The molecule has 0 radical (unpaired) electrons. The number of hydrogen-bond donors (Lipinski definition) is 1. The summed E-state index contributed by atoms with van der Waals surface area (Å²) in [5.74, 6) is 1.01. The Morgan fingerprint density at radius 3 is 2.62 bits per heavy atom. The van der Waals surface area contributed by atoms with Crippen molar-refractivity contribution in [2.24, 2.45) is 15.8 Å². The number of nitrogens with zero attached hydrogens (tertiary/aromatic N) is 5. The number of hydrazone groups is 1. The molecule has 0 spiro atoms. The number of hydrogen-bond acceptors (Lipinski definition) is 10. The molecule has 2 aliphatic rings. The van der Waals surface area contributed by atoms with Crippen molar-refractivity contribution in [3.63, 3.8) is 0 Å². The molecule has 0 saturated heterocycles. The Balaban J connectivity index is 1.89.